The molecule has 1 atom stereocenters. The highest BCUT2D eigenvalue weighted by Crippen LogP contribution is 2.40. The highest BCUT2D eigenvalue weighted by Gasteiger charge is 2.25. The lowest BCUT2D eigenvalue weighted by Gasteiger charge is -2.29. The van der Waals surface area contributed by atoms with Crippen LogP contribution in [0.1, 0.15) is 53.7 Å². The molecule has 1 unspecified atom stereocenters. The van der Waals surface area contributed by atoms with Gasteiger partial charge in [-0.25, -0.2) is 0 Å². The first-order valence-corrected chi connectivity index (χ1v) is 6.95. The predicted octanol–water partition coefficient (Wildman–Crippen LogP) is 3.74. The molecule has 1 aliphatic rings. The van der Waals surface area contributed by atoms with E-state index >= 15 is 0 Å². The average molecular weight is 253 g/mol. The number of aliphatic hydroxyl groups excluding tert-OH is 1. The third-order valence-corrected chi connectivity index (χ3v) is 4.05. The molecule has 1 aromatic carbocycles. The van der Waals surface area contributed by atoms with Gasteiger partial charge in [-0.1, -0.05) is 36.8 Å². The molecule has 1 aromatic heterocycles. The van der Waals surface area contributed by atoms with Gasteiger partial charge in [0.05, 0.1) is 5.69 Å². The largest absolute Gasteiger partial charge is 0.382 e. The van der Waals surface area contributed by atoms with Crippen molar-refractivity contribution in [3.63, 3.8) is 0 Å². The second-order valence-corrected chi connectivity index (χ2v) is 5.42. The van der Waals surface area contributed by atoms with Gasteiger partial charge in [0.1, 0.15) is 6.10 Å². The molecule has 0 aliphatic heterocycles. The number of benzene rings is 1. The number of hydrogen-bond acceptors (Lipinski definition) is 2. The van der Waals surface area contributed by atoms with E-state index in [1.807, 2.05) is 37.4 Å². The SMILES string of the molecule is Cc1ccc(C(O)c2ccccc2C2CCC2)nc1. The summed E-state index contributed by atoms with van der Waals surface area (Å²) in [5, 5.41) is 10.6. The van der Waals surface area contributed by atoms with Crippen molar-refractivity contribution in [1.29, 1.82) is 0 Å². The summed E-state index contributed by atoms with van der Waals surface area (Å²) in [6.45, 7) is 2.01. The van der Waals surface area contributed by atoms with Crippen molar-refractivity contribution in [2.24, 2.45) is 0 Å². The van der Waals surface area contributed by atoms with Crippen LogP contribution < -0.4 is 0 Å². The highest BCUT2D eigenvalue weighted by atomic mass is 16.3. The molecule has 2 aromatic rings. The van der Waals surface area contributed by atoms with Crippen LogP contribution in [0, 0.1) is 6.92 Å². The number of aliphatic hydroxyl groups is 1. The fourth-order valence-corrected chi connectivity index (χ4v) is 2.65. The molecule has 3 rings (SSSR count). The Bertz CT molecular complexity index is 558. The van der Waals surface area contributed by atoms with Gasteiger partial charge in [0.2, 0.25) is 0 Å². The second kappa shape index (κ2) is 5.14. The highest BCUT2D eigenvalue weighted by molar-refractivity contribution is 5.37. The van der Waals surface area contributed by atoms with Crippen LogP contribution in [0.2, 0.25) is 0 Å². The molecule has 98 valence electrons. The lowest BCUT2D eigenvalue weighted by atomic mass is 9.77. The van der Waals surface area contributed by atoms with Crippen LogP contribution in [0.15, 0.2) is 42.6 Å². The third kappa shape index (κ3) is 2.41. The summed E-state index contributed by atoms with van der Waals surface area (Å²) in [6, 6.07) is 12.1. The maximum Gasteiger partial charge on any atom is 0.121 e. The standard InChI is InChI=1S/C17H19NO/c1-12-9-10-16(18-11-12)17(19)15-8-3-2-7-14(15)13-5-4-6-13/h2-3,7-11,13,17,19H,4-6H2,1H3. The Hall–Kier alpha value is -1.67. The van der Waals surface area contributed by atoms with Crippen LogP contribution in [0.5, 0.6) is 0 Å². The van der Waals surface area contributed by atoms with Gasteiger partial charge in [0.15, 0.2) is 0 Å². The summed E-state index contributed by atoms with van der Waals surface area (Å²) in [7, 11) is 0. The van der Waals surface area contributed by atoms with Crippen molar-refractivity contribution < 1.29 is 5.11 Å². The first kappa shape index (κ1) is 12.4. The van der Waals surface area contributed by atoms with Gasteiger partial charge in [0.25, 0.3) is 0 Å². The topological polar surface area (TPSA) is 33.1 Å². The number of pyridine rings is 1. The minimum Gasteiger partial charge on any atom is -0.382 e. The van der Waals surface area contributed by atoms with Gasteiger partial charge in [-0.2, -0.15) is 0 Å². The van der Waals surface area contributed by atoms with Crippen LogP contribution in [-0.2, 0) is 0 Å². The monoisotopic (exact) mass is 253 g/mol. The van der Waals surface area contributed by atoms with Gasteiger partial charge in [0, 0.05) is 6.20 Å². The van der Waals surface area contributed by atoms with Crippen molar-refractivity contribution in [2.45, 2.75) is 38.2 Å². The summed E-state index contributed by atoms with van der Waals surface area (Å²) < 4.78 is 0. The molecule has 2 nitrogen and oxygen atoms in total. The third-order valence-electron chi connectivity index (χ3n) is 4.05. The molecule has 1 fully saturated rings. The molecular weight excluding hydrogens is 234 g/mol. The number of aryl methyl sites for hydroxylation is 1. The summed E-state index contributed by atoms with van der Waals surface area (Å²) >= 11 is 0. The maximum absolute atomic E-state index is 10.6. The lowest BCUT2D eigenvalue weighted by molar-refractivity contribution is 0.212. The molecule has 0 saturated heterocycles. The molecule has 2 heteroatoms. The predicted molar refractivity (Wildman–Crippen MR) is 76.1 cm³/mol. The normalized spacial score (nSPS) is 16.9. The Balaban J connectivity index is 1.94. The first-order chi connectivity index (χ1) is 9.25. The number of hydrogen-bond donors (Lipinski definition) is 1. The van der Waals surface area contributed by atoms with E-state index in [0.717, 1.165) is 16.8 Å². The zero-order valence-corrected chi connectivity index (χ0v) is 11.2. The lowest BCUT2D eigenvalue weighted by Crippen LogP contribution is -2.14. The van der Waals surface area contributed by atoms with Crippen LogP contribution in [0.25, 0.3) is 0 Å². The van der Waals surface area contributed by atoms with Gasteiger partial charge in [-0.05, 0) is 48.4 Å². The molecule has 0 bridgehead atoms. The molecule has 0 spiro atoms. The molecule has 19 heavy (non-hydrogen) atoms. The van der Waals surface area contributed by atoms with E-state index in [-0.39, 0.29) is 0 Å². The quantitative estimate of drug-likeness (QED) is 0.904. The van der Waals surface area contributed by atoms with Crippen LogP contribution in [-0.4, -0.2) is 10.1 Å². The Morgan fingerprint density at radius 3 is 2.58 bits per heavy atom. The molecule has 1 saturated carbocycles. The fourth-order valence-electron chi connectivity index (χ4n) is 2.65. The van der Waals surface area contributed by atoms with Gasteiger partial charge in [-0.3, -0.25) is 4.98 Å². The Morgan fingerprint density at radius 2 is 1.95 bits per heavy atom. The molecule has 0 radical (unpaired) electrons. The van der Waals surface area contributed by atoms with Crippen LogP contribution >= 0.6 is 0 Å². The van der Waals surface area contributed by atoms with E-state index in [9.17, 15) is 5.11 Å². The minimum absolute atomic E-state index is 0.614. The van der Waals surface area contributed by atoms with Crippen LogP contribution in [0.4, 0.5) is 0 Å². The maximum atomic E-state index is 10.6. The number of rotatable bonds is 3. The van der Waals surface area contributed by atoms with Crippen molar-refractivity contribution >= 4 is 0 Å². The zero-order valence-electron chi connectivity index (χ0n) is 11.2. The Labute approximate surface area is 114 Å². The second-order valence-electron chi connectivity index (χ2n) is 5.42. The van der Waals surface area contributed by atoms with E-state index < -0.39 is 6.10 Å². The smallest absolute Gasteiger partial charge is 0.121 e. The Morgan fingerprint density at radius 1 is 1.16 bits per heavy atom. The average Bonchev–Trinajstić information content (AvgIpc) is 2.37. The molecular formula is C17H19NO. The van der Waals surface area contributed by atoms with Crippen LogP contribution in [0.3, 0.4) is 0 Å². The number of aromatic nitrogens is 1. The summed E-state index contributed by atoms with van der Waals surface area (Å²) in [5.41, 5.74) is 4.16. The van der Waals surface area contributed by atoms with E-state index in [1.54, 1.807) is 0 Å². The van der Waals surface area contributed by atoms with Gasteiger partial charge < -0.3 is 5.11 Å². The minimum atomic E-state index is -0.614. The van der Waals surface area contributed by atoms with Crippen molar-refractivity contribution in [1.82, 2.24) is 4.98 Å². The molecule has 1 aliphatic carbocycles. The first-order valence-electron chi connectivity index (χ1n) is 6.95. The fraction of sp³-hybridized carbons (Fsp3) is 0.353. The molecule has 1 N–H and O–H groups in total. The van der Waals surface area contributed by atoms with E-state index in [1.165, 1.54) is 24.8 Å². The molecule has 1 heterocycles. The van der Waals surface area contributed by atoms with E-state index in [4.69, 9.17) is 0 Å². The number of nitrogens with zero attached hydrogens (tertiary/aromatic N) is 1. The zero-order chi connectivity index (χ0) is 13.2. The summed E-state index contributed by atoms with van der Waals surface area (Å²) in [4.78, 5) is 4.35. The molecule has 0 amide bonds. The Kier molecular flexibility index (Phi) is 3.34. The van der Waals surface area contributed by atoms with Gasteiger partial charge in [-0.15, -0.1) is 0 Å². The van der Waals surface area contributed by atoms with E-state index in [2.05, 4.69) is 17.1 Å². The van der Waals surface area contributed by atoms with Crippen molar-refractivity contribution in [3.05, 3.63) is 65.0 Å². The van der Waals surface area contributed by atoms with Gasteiger partial charge >= 0.3 is 0 Å². The van der Waals surface area contributed by atoms with E-state index in [0.29, 0.717) is 5.92 Å². The van der Waals surface area contributed by atoms with Crippen molar-refractivity contribution in [3.8, 4) is 0 Å². The van der Waals surface area contributed by atoms with Crippen molar-refractivity contribution in [2.75, 3.05) is 0 Å². The summed E-state index contributed by atoms with van der Waals surface area (Å²) in [6.07, 6.45) is 4.98. The summed E-state index contributed by atoms with van der Waals surface area (Å²) in [5.74, 6) is 0.622.